The van der Waals surface area contributed by atoms with Crippen LogP contribution in [0.1, 0.15) is 25.3 Å². The summed E-state index contributed by atoms with van der Waals surface area (Å²) in [6.45, 7) is 2.25. The Morgan fingerprint density at radius 3 is 2.47 bits per heavy atom. The fourth-order valence-electron chi connectivity index (χ4n) is 2.15. The second-order valence-electron chi connectivity index (χ2n) is 5.39. The Balaban J connectivity index is 1.84. The normalized spacial score (nSPS) is 19.5. The molecule has 0 bridgehead atoms. The summed E-state index contributed by atoms with van der Waals surface area (Å²) >= 11 is 0. The summed E-state index contributed by atoms with van der Waals surface area (Å²) in [4.78, 5) is 11.0. The Morgan fingerprint density at radius 2 is 2.00 bits per heavy atom. The van der Waals surface area contributed by atoms with Gasteiger partial charge in [0.05, 0.1) is 31.3 Å². The van der Waals surface area contributed by atoms with Gasteiger partial charge in [0.2, 0.25) is 0 Å². The SMILES string of the molecule is COc1ccc(COCC(C)(O)C2(C=O)CC2)cc1. The Bertz CT molecular complexity index is 432. The van der Waals surface area contributed by atoms with Crippen LogP contribution in [-0.2, 0) is 16.1 Å². The maximum Gasteiger partial charge on any atom is 0.129 e. The minimum Gasteiger partial charge on any atom is -0.497 e. The van der Waals surface area contributed by atoms with Crippen LogP contribution >= 0.6 is 0 Å². The van der Waals surface area contributed by atoms with Crippen LogP contribution in [0.2, 0.25) is 0 Å². The van der Waals surface area contributed by atoms with Crippen molar-refractivity contribution in [3.05, 3.63) is 29.8 Å². The first-order chi connectivity index (χ1) is 9.03. The fourth-order valence-corrected chi connectivity index (χ4v) is 2.15. The van der Waals surface area contributed by atoms with Gasteiger partial charge in [0.25, 0.3) is 0 Å². The molecule has 0 saturated heterocycles. The molecule has 1 aromatic rings. The summed E-state index contributed by atoms with van der Waals surface area (Å²) in [5, 5.41) is 10.3. The molecule has 4 heteroatoms. The van der Waals surface area contributed by atoms with Crippen molar-refractivity contribution in [3.8, 4) is 5.75 Å². The molecule has 0 spiro atoms. The lowest BCUT2D eigenvalue weighted by atomic mass is 9.88. The molecule has 1 aromatic carbocycles. The maximum absolute atomic E-state index is 11.0. The molecule has 0 aliphatic heterocycles. The molecular weight excluding hydrogens is 244 g/mol. The number of benzene rings is 1. The number of hydrogen-bond donors (Lipinski definition) is 1. The zero-order chi connectivity index (χ0) is 13.9. The first-order valence-corrected chi connectivity index (χ1v) is 6.42. The van der Waals surface area contributed by atoms with Crippen LogP contribution in [0.25, 0.3) is 0 Å². The van der Waals surface area contributed by atoms with Crippen molar-refractivity contribution >= 4 is 6.29 Å². The Hall–Kier alpha value is -1.39. The van der Waals surface area contributed by atoms with E-state index in [1.165, 1.54) is 0 Å². The molecule has 1 saturated carbocycles. The molecule has 1 N–H and O–H groups in total. The lowest BCUT2D eigenvalue weighted by molar-refractivity contribution is -0.129. The van der Waals surface area contributed by atoms with Crippen LogP contribution in [0.3, 0.4) is 0 Å². The van der Waals surface area contributed by atoms with Crippen molar-refractivity contribution in [1.82, 2.24) is 0 Å². The minimum absolute atomic E-state index is 0.164. The highest BCUT2D eigenvalue weighted by atomic mass is 16.5. The van der Waals surface area contributed by atoms with Gasteiger partial charge >= 0.3 is 0 Å². The molecule has 1 atom stereocenters. The lowest BCUT2D eigenvalue weighted by Crippen LogP contribution is -2.42. The summed E-state index contributed by atoms with van der Waals surface area (Å²) in [7, 11) is 1.62. The zero-order valence-corrected chi connectivity index (χ0v) is 11.4. The topological polar surface area (TPSA) is 55.8 Å². The average Bonchev–Trinajstić information content (AvgIpc) is 3.21. The Kier molecular flexibility index (Phi) is 3.92. The van der Waals surface area contributed by atoms with Gasteiger partial charge in [-0.2, -0.15) is 0 Å². The van der Waals surface area contributed by atoms with E-state index in [4.69, 9.17) is 9.47 Å². The highest BCUT2D eigenvalue weighted by molar-refractivity contribution is 5.66. The van der Waals surface area contributed by atoms with Gasteiger partial charge in [-0.3, -0.25) is 0 Å². The maximum atomic E-state index is 11.0. The molecule has 4 nitrogen and oxygen atoms in total. The molecule has 0 heterocycles. The van der Waals surface area contributed by atoms with Crippen molar-refractivity contribution in [3.63, 3.8) is 0 Å². The number of carbonyl (C=O) groups excluding carboxylic acids is 1. The number of aldehydes is 1. The number of carbonyl (C=O) groups is 1. The summed E-state index contributed by atoms with van der Waals surface area (Å²) in [5.74, 6) is 0.800. The second-order valence-corrected chi connectivity index (χ2v) is 5.39. The van der Waals surface area contributed by atoms with Crippen LogP contribution in [0.15, 0.2) is 24.3 Å². The largest absolute Gasteiger partial charge is 0.497 e. The van der Waals surface area contributed by atoms with Crippen molar-refractivity contribution in [2.24, 2.45) is 5.41 Å². The van der Waals surface area contributed by atoms with Crippen LogP contribution in [-0.4, -0.2) is 30.7 Å². The lowest BCUT2D eigenvalue weighted by Gasteiger charge is -2.28. The third-order valence-electron chi connectivity index (χ3n) is 3.90. The highest BCUT2D eigenvalue weighted by Gasteiger charge is 2.56. The van der Waals surface area contributed by atoms with E-state index >= 15 is 0 Å². The number of rotatable bonds is 7. The minimum atomic E-state index is -1.08. The van der Waals surface area contributed by atoms with Gasteiger partial charge in [-0.25, -0.2) is 0 Å². The monoisotopic (exact) mass is 264 g/mol. The quantitative estimate of drug-likeness (QED) is 0.765. The molecule has 0 radical (unpaired) electrons. The van der Waals surface area contributed by atoms with Gasteiger partial charge in [-0.05, 0) is 37.5 Å². The van der Waals surface area contributed by atoms with Crippen molar-refractivity contribution < 1.29 is 19.4 Å². The standard InChI is InChI=1S/C15H20O4/c1-14(17,15(10-16)7-8-15)11-19-9-12-3-5-13(18-2)6-4-12/h3-6,10,17H,7-9,11H2,1-2H3. The first-order valence-electron chi connectivity index (χ1n) is 6.42. The van der Waals surface area contributed by atoms with Gasteiger partial charge in [-0.1, -0.05) is 12.1 Å². The number of hydrogen-bond acceptors (Lipinski definition) is 4. The smallest absolute Gasteiger partial charge is 0.129 e. The van der Waals surface area contributed by atoms with E-state index < -0.39 is 11.0 Å². The average molecular weight is 264 g/mol. The predicted molar refractivity (Wildman–Crippen MR) is 71.0 cm³/mol. The van der Waals surface area contributed by atoms with Gasteiger partial charge in [0.1, 0.15) is 12.0 Å². The Morgan fingerprint density at radius 1 is 1.37 bits per heavy atom. The van der Waals surface area contributed by atoms with Gasteiger partial charge < -0.3 is 19.4 Å². The third kappa shape index (κ3) is 2.96. The Labute approximate surface area is 113 Å². The predicted octanol–water partition coefficient (Wildman–Crippen LogP) is 1.94. The van der Waals surface area contributed by atoms with E-state index in [1.807, 2.05) is 24.3 Å². The van der Waals surface area contributed by atoms with Gasteiger partial charge in [0, 0.05) is 0 Å². The molecule has 1 aliphatic rings. The molecule has 0 amide bonds. The fraction of sp³-hybridized carbons (Fsp3) is 0.533. The van der Waals surface area contributed by atoms with E-state index in [-0.39, 0.29) is 6.61 Å². The summed E-state index contributed by atoms with van der Waals surface area (Å²) in [6, 6.07) is 7.57. The summed E-state index contributed by atoms with van der Waals surface area (Å²) in [5.41, 5.74) is -0.666. The molecule has 1 aliphatic carbocycles. The number of ether oxygens (including phenoxy) is 2. The van der Waals surface area contributed by atoms with E-state index in [1.54, 1.807) is 14.0 Å². The number of aliphatic hydroxyl groups is 1. The molecule has 1 unspecified atom stereocenters. The highest BCUT2D eigenvalue weighted by Crippen LogP contribution is 2.52. The van der Waals surface area contributed by atoms with Crippen LogP contribution in [0.5, 0.6) is 5.75 Å². The van der Waals surface area contributed by atoms with Crippen LogP contribution < -0.4 is 4.74 Å². The van der Waals surface area contributed by atoms with Gasteiger partial charge in [-0.15, -0.1) is 0 Å². The molecule has 104 valence electrons. The molecule has 1 fully saturated rings. The van der Waals surface area contributed by atoms with E-state index in [0.717, 1.165) is 30.4 Å². The molecule has 0 aromatic heterocycles. The summed E-state index contributed by atoms with van der Waals surface area (Å²) < 4.78 is 10.6. The molecular formula is C15H20O4. The summed E-state index contributed by atoms with van der Waals surface area (Å²) in [6.07, 6.45) is 2.36. The van der Waals surface area contributed by atoms with Crippen molar-refractivity contribution in [1.29, 1.82) is 0 Å². The van der Waals surface area contributed by atoms with Crippen LogP contribution in [0, 0.1) is 5.41 Å². The van der Waals surface area contributed by atoms with Crippen molar-refractivity contribution in [2.75, 3.05) is 13.7 Å². The first kappa shape index (κ1) is 14.0. The van der Waals surface area contributed by atoms with Crippen molar-refractivity contribution in [2.45, 2.75) is 32.0 Å². The number of methoxy groups -OCH3 is 1. The van der Waals surface area contributed by atoms with Crippen LogP contribution in [0.4, 0.5) is 0 Å². The van der Waals surface area contributed by atoms with Gasteiger partial charge in [0.15, 0.2) is 0 Å². The van der Waals surface area contributed by atoms with E-state index in [9.17, 15) is 9.90 Å². The van der Waals surface area contributed by atoms with E-state index in [0.29, 0.717) is 6.61 Å². The zero-order valence-electron chi connectivity index (χ0n) is 11.4. The molecule has 19 heavy (non-hydrogen) atoms. The molecule has 2 rings (SSSR count). The van der Waals surface area contributed by atoms with E-state index in [2.05, 4.69) is 0 Å². The third-order valence-corrected chi connectivity index (χ3v) is 3.90. The second kappa shape index (κ2) is 5.31.